The van der Waals surface area contributed by atoms with E-state index >= 15 is 0 Å². The maximum absolute atomic E-state index is 13.1. The summed E-state index contributed by atoms with van der Waals surface area (Å²) in [4.78, 5) is 2.17. The minimum Gasteiger partial charge on any atom is -0.296 e. The van der Waals surface area contributed by atoms with Crippen LogP contribution in [-0.2, 0) is 16.6 Å². The quantitative estimate of drug-likeness (QED) is 0.832. The van der Waals surface area contributed by atoms with Crippen molar-refractivity contribution in [2.45, 2.75) is 6.54 Å². The Hall–Kier alpha value is -0.500. The molecule has 4 nitrogen and oxygen atoms in total. The van der Waals surface area contributed by atoms with Gasteiger partial charge in [0.25, 0.3) is 0 Å². The summed E-state index contributed by atoms with van der Waals surface area (Å²) < 4.78 is 37.9. The molecule has 1 aromatic rings. The van der Waals surface area contributed by atoms with Crippen LogP contribution in [-0.4, -0.2) is 50.1 Å². The predicted molar refractivity (Wildman–Crippen MR) is 75.8 cm³/mol. The third-order valence-electron chi connectivity index (χ3n) is 3.19. The van der Waals surface area contributed by atoms with Crippen LogP contribution in [0, 0.1) is 5.82 Å². The Morgan fingerprint density at radius 1 is 1.26 bits per heavy atom. The lowest BCUT2D eigenvalue weighted by atomic mass is 10.2. The lowest BCUT2D eigenvalue weighted by Crippen LogP contribution is -2.47. The molecule has 0 N–H and O–H groups in total. The van der Waals surface area contributed by atoms with E-state index < -0.39 is 10.0 Å². The van der Waals surface area contributed by atoms with Crippen molar-refractivity contribution in [3.05, 3.63) is 34.1 Å². The first-order valence-corrected chi connectivity index (χ1v) is 8.62. The SMILES string of the molecule is CS(=O)(=O)N1CCN(Cc2ccc(F)c(Br)c2)CC1. The molecule has 1 aliphatic rings. The van der Waals surface area contributed by atoms with Gasteiger partial charge < -0.3 is 0 Å². The van der Waals surface area contributed by atoms with E-state index in [0.29, 0.717) is 37.2 Å². The Balaban J connectivity index is 1.94. The highest BCUT2D eigenvalue weighted by atomic mass is 79.9. The number of rotatable bonds is 3. The standard InChI is InChI=1S/C12H16BrFN2O2S/c1-19(17,18)16-6-4-15(5-7-16)9-10-2-3-12(14)11(13)8-10/h2-3,8H,4-7,9H2,1H3. The summed E-state index contributed by atoms with van der Waals surface area (Å²) >= 11 is 3.17. The molecule has 0 radical (unpaired) electrons. The number of hydrogen-bond acceptors (Lipinski definition) is 3. The Morgan fingerprint density at radius 2 is 1.89 bits per heavy atom. The molecule has 7 heteroatoms. The molecule has 0 saturated carbocycles. The van der Waals surface area contributed by atoms with Crippen LogP contribution in [0.2, 0.25) is 0 Å². The molecule has 1 heterocycles. The minimum absolute atomic E-state index is 0.273. The molecule has 0 spiro atoms. The van der Waals surface area contributed by atoms with Gasteiger partial charge in [0.15, 0.2) is 0 Å². The van der Waals surface area contributed by atoms with E-state index in [-0.39, 0.29) is 5.82 Å². The number of piperazine rings is 1. The molecule has 1 saturated heterocycles. The second kappa shape index (κ2) is 5.87. The van der Waals surface area contributed by atoms with Gasteiger partial charge in [0, 0.05) is 32.7 Å². The summed E-state index contributed by atoms with van der Waals surface area (Å²) in [5, 5.41) is 0. The van der Waals surface area contributed by atoms with Crippen molar-refractivity contribution in [2.75, 3.05) is 32.4 Å². The highest BCUT2D eigenvalue weighted by molar-refractivity contribution is 9.10. The van der Waals surface area contributed by atoms with Gasteiger partial charge >= 0.3 is 0 Å². The zero-order valence-corrected chi connectivity index (χ0v) is 13.0. The van der Waals surface area contributed by atoms with Gasteiger partial charge in [-0.15, -0.1) is 0 Å². The summed E-state index contributed by atoms with van der Waals surface area (Å²) in [5.41, 5.74) is 1.01. The zero-order chi connectivity index (χ0) is 14.0. The van der Waals surface area contributed by atoms with E-state index in [1.54, 1.807) is 12.1 Å². The van der Waals surface area contributed by atoms with Crippen LogP contribution in [0.3, 0.4) is 0 Å². The highest BCUT2D eigenvalue weighted by Gasteiger charge is 2.23. The predicted octanol–water partition coefficient (Wildman–Crippen LogP) is 1.67. The van der Waals surface area contributed by atoms with Gasteiger partial charge in [-0.1, -0.05) is 6.07 Å². The van der Waals surface area contributed by atoms with Crippen LogP contribution in [0.1, 0.15) is 5.56 Å². The van der Waals surface area contributed by atoms with Crippen molar-refractivity contribution >= 4 is 26.0 Å². The first-order chi connectivity index (χ1) is 8.86. The lowest BCUT2D eigenvalue weighted by molar-refractivity contribution is 0.182. The van der Waals surface area contributed by atoms with E-state index in [2.05, 4.69) is 20.8 Å². The van der Waals surface area contributed by atoms with Gasteiger partial charge in [-0.2, -0.15) is 4.31 Å². The molecular formula is C12H16BrFN2O2S. The van der Waals surface area contributed by atoms with Crippen molar-refractivity contribution < 1.29 is 12.8 Å². The average molecular weight is 351 g/mol. The Morgan fingerprint density at radius 3 is 2.42 bits per heavy atom. The van der Waals surface area contributed by atoms with Crippen molar-refractivity contribution in [1.82, 2.24) is 9.21 Å². The first-order valence-electron chi connectivity index (χ1n) is 5.97. The minimum atomic E-state index is -3.08. The van der Waals surface area contributed by atoms with Crippen LogP contribution in [0.5, 0.6) is 0 Å². The summed E-state index contributed by atoms with van der Waals surface area (Å²) in [6.07, 6.45) is 1.24. The number of hydrogen-bond donors (Lipinski definition) is 0. The van der Waals surface area contributed by atoms with Crippen LogP contribution in [0.25, 0.3) is 0 Å². The van der Waals surface area contributed by atoms with Gasteiger partial charge in [-0.3, -0.25) is 4.90 Å². The second-order valence-electron chi connectivity index (χ2n) is 4.69. The molecule has 0 bridgehead atoms. The normalized spacial score (nSPS) is 18.7. The molecule has 0 unspecified atom stereocenters. The van der Waals surface area contributed by atoms with Gasteiger partial charge in [-0.25, -0.2) is 12.8 Å². The molecule has 0 atom stereocenters. The molecule has 106 valence electrons. The maximum atomic E-state index is 13.1. The summed E-state index contributed by atoms with van der Waals surface area (Å²) in [6, 6.07) is 4.95. The number of halogens is 2. The first kappa shape index (κ1) is 14.9. The fourth-order valence-corrected chi connectivity index (χ4v) is 3.37. The average Bonchev–Trinajstić information content (AvgIpc) is 2.33. The third kappa shape index (κ3) is 3.98. The summed E-state index contributed by atoms with van der Waals surface area (Å²) in [5.74, 6) is -0.273. The van der Waals surface area contributed by atoms with E-state index in [1.807, 2.05) is 0 Å². The zero-order valence-electron chi connectivity index (χ0n) is 10.6. The Kier molecular flexibility index (Phi) is 4.60. The van der Waals surface area contributed by atoms with Gasteiger partial charge in [0.1, 0.15) is 5.82 Å². The van der Waals surface area contributed by atoms with E-state index in [0.717, 1.165) is 5.56 Å². The van der Waals surface area contributed by atoms with Crippen molar-refractivity contribution in [2.24, 2.45) is 0 Å². The van der Waals surface area contributed by atoms with Crippen LogP contribution >= 0.6 is 15.9 Å². The molecular weight excluding hydrogens is 335 g/mol. The summed E-state index contributed by atoms with van der Waals surface area (Å²) in [7, 11) is -3.08. The lowest BCUT2D eigenvalue weighted by Gasteiger charge is -2.33. The molecule has 0 aliphatic carbocycles. The third-order valence-corrected chi connectivity index (χ3v) is 5.10. The molecule has 1 aliphatic heterocycles. The maximum Gasteiger partial charge on any atom is 0.211 e. The van der Waals surface area contributed by atoms with Crippen LogP contribution < -0.4 is 0 Å². The van der Waals surface area contributed by atoms with Crippen molar-refractivity contribution in [3.8, 4) is 0 Å². The topological polar surface area (TPSA) is 40.6 Å². The number of sulfonamides is 1. The smallest absolute Gasteiger partial charge is 0.211 e. The number of nitrogens with zero attached hydrogens (tertiary/aromatic N) is 2. The monoisotopic (exact) mass is 350 g/mol. The highest BCUT2D eigenvalue weighted by Crippen LogP contribution is 2.18. The molecule has 0 aromatic heterocycles. The molecule has 2 rings (SSSR count). The molecule has 1 aromatic carbocycles. The Labute approximate surface area is 121 Å². The molecule has 1 fully saturated rings. The number of benzene rings is 1. The van der Waals surface area contributed by atoms with Gasteiger partial charge in [0.2, 0.25) is 10.0 Å². The molecule has 19 heavy (non-hydrogen) atoms. The largest absolute Gasteiger partial charge is 0.296 e. The Bertz CT molecular complexity index is 557. The fourth-order valence-electron chi connectivity index (χ4n) is 2.12. The van der Waals surface area contributed by atoms with Crippen molar-refractivity contribution in [3.63, 3.8) is 0 Å². The molecule has 0 amide bonds. The van der Waals surface area contributed by atoms with E-state index in [4.69, 9.17) is 0 Å². The summed E-state index contributed by atoms with van der Waals surface area (Å²) in [6.45, 7) is 3.13. The van der Waals surface area contributed by atoms with E-state index in [1.165, 1.54) is 16.6 Å². The van der Waals surface area contributed by atoms with Crippen LogP contribution in [0.15, 0.2) is 22.7 Å². The van der Waals surface area contributed by atoms with Crippen molar-refractivity contribution in [1.29, 1.82) is 0 Å². The van der Waals surface area contributed by atoms with Gasteiger partial charge in [-0.05, 0) is 33.6 Å². The van der Waals surface area contributed by atoms with E-state index in [9.17, 15) is 12.8 Å². The second-order valence-corrected chi connectivity index (χ2v) is 7.52. The van der Waals surface area contributed by atoms with Gasteiger partial charge in [0.05, 0.1) is 10.7 Å². The fraction of sp³-hybridized carbons (Fsp3) is 0.500. The van der Waals surface area contributed by atoms with Crippen LogP contribution in [0.4, 0.5) is 4.39 Å².